The highest BCUT2D eigenvalue weighted by molar-refractivity contribution is 5.21. The fourth-order valence-corrected chi connectivity index (χ4v) is 2.27. The van der Waals surface area contributed by atoms with Crippen LogP contribution in [0.25, 0.3) is 0 Å². The van der Waals surface area contributed by atoms with E-state index in [2.05, 4.69) is 4.90 Å². The van der Waals surface area contributed by atoms with Crippen molar-refractivity contribution in [3.8, 4) is 0 Å². The summed E-state index contributed by atoms with van der Waals surface area (Å²) in [6.45, 7) is 5.04. The third-order valence-electron chi connectivity index (χ3n) is 3.06. The Balaban J connectivity index is 2.16. The lowest BCUT2D eigenvalue weighted by Gasteiger charge is -2.25. The van der Waals surface area contributed by atoms with Crippen molar-refractivity contribution in [2.24, 2.45) is 5.73 Å². The lowest BCUT2D eigenvalue weighted by molar-refractivity contribution is 0.249. The van der Waals surface area contributed by atoms with Crippen LogP contribution in [0, 0.1) is 6.92 Å². The van der Waals surface area contributed by atoms with E-state index in [1.165, 1.54) is 31.5 Å². The molecule has 78 valence electrons. The Bertz CT molecular complexity index is 289. The summed E-state index contributed by atoms with van der Waals surface area (Å²) in [5, 5.41) is 0. The van der Waals surface area contributed by atoms with Gasteiger partial charge in [-0.05, 0) is 38.9 Å². The van der Waals surface area contributed by atoms with Crippen LogP contribution in [0.15, 0.2) is 16.7 Å². The van der Waals surface area contributed by atoms with Crippen molar-refractivity contribution in [3.05, 3.63) is 23.7 Å². The van der Waals surface area contributed by atoms with Crippen LogP contribution in [0.1, 0.15) is 30.2 Å². The molecule has 0 amide bonds. The molecule has 2 heterocycles. The van der Waals surface area contributed by atoms with E-state index in [0.717, 1.165) is 5.76 Å². The van der Waals surface area contributed by atoms with Gasteiger partial charge in [0, 0.05) is 12.1 Å². The van der Waals surface area contributed by atoms with Crippen molar-refractivity contribution in [1.82, 2.24) is 4.90 Å². The highest BCUT2D eigenvalue weighted by Gasteiger charge is 2.24. The topological polar surface area (TPSA) is 42.4 Å². The van der Waals surface area contributed by atoms with Gasteiger partial charge in [0.15, 0.2) is 0 Å². The van der Waals surface area contributed by atoms with Crippen LogP contribution >= 0.6 is 0 Å². The molecule has 0 bridgehead atoms. The van der Waals surface area contributed by atoms with Gasteiger partial charge in [-0.3, -0.25) is 4.90 Å². The Morgan fingerprint density at radius 1 is 1.50 bits per heavy atom. The van der Waals surface area contributed by atoms with Gasteiger partial charge in [0.2, 0.25) is 0 Å². The van der Waals surface area contributed by atoms with E-state index in [1.54, 1.807) is 6.26 Å². The van der Waals surface area contributed by atoms with Crippen LogP contribution in [0.3, 0.4) is 0 Å². The van der Waals surface area contributed by atoms with Gasteiger partial charge in [-0.15, -0.1) is 0 Å². The molecule has 0 aromatic carbocycles. The van der Waals surface area contributed by atoms with Gasteiger partial charge < -0.3 is 10.2 Å². The number of furan rings is 1. The number of nitrogens with two attached hydrogens (primary N) is 1. The number of aryl methyl sites for hydroxylation is 1. The minimum Gasteiger partial charge on any atom is -0.469 e. The number of hydrogen-bond acceptors (Lipinski definition) is 3. The molecule has 0 spiro atoms. The zero-order valence-electron chi connectivity index (χ0n) is 8.70. The molecule has 1 aliphatic rings. The summed E-state index contributed by atoms with van der Waals surface area (Å²) in [5.41, 5.74) is 7.09. The molecule has 0 aliphatic carbocycles. The minimum atomic E-state index is 0.358. The zero-order valence-corrected chi connectivity index (χ0v) is 8.70. The quantitative estimate of drug-likeness (QED) is 0.796. The van der Waals surface area contributed by atoms with Gasteiger partial charge in [0.1, 0.15) is 5.76 Å². The summed E-state index contributed by atoms with van der Waals surface area (Å²) in [6.07, 6.45) is 4.35. The third kappa shape index (κ3) is 1.70. The van der Waals surface area contributed by atoms with Crippen LogP contribution in [0.5, 0.6) is 0 Å². The van der Waals surface area contributed by atoms with E-state index in [0.29, 0.717) is 12.6 Å². The van der Waals surface area contributed by atoms with E-state index < -0.39 is 0 Å². The smallest absolute Gasteiger partial charge is 0.105 e. The van der Waals surface area contributed by atoms with Crippen LogP contribution < -0.4 is 5.73 Å². The van der Waals surface area contributed by atoms with Gasteiger partial charge >= 0.3 is 0 Å². The molecule has 1 aromatic rings. The van der Waals surface area contributed by atoms with Crippen molar-refractivity contribution in [2.45, 2.75) is 25.8 Å². The van der Waals surface area contributed by atoms with Crippen LogP contribution in [0.4, 0.5) is 0 Å². The van der Waals surface area contributed by atoms with Crippen molar-refractivity contribution < 1.29 is 4.42 Å². The molecule has 1 aliphatic heterocycles. The first-order valence-electron chi connectivity index (χ1n) is 5.31. The molecular formula is C11H18N2O. The molecule has 1 atom stereocenters. The number of nitrogens with zero attached hydrogens (tertiary/aromatic N) is 1. The predicted molar refractivity (Wildman–Crippen MR) is 56.0 cm³/mol. The highest BCUT2D eigenvalue weighted by Crippen LogP contribution is 2.26. The number of rotatable bonds is 3. The first kappa shape index (κ1) is 9.74. The summed E-state index contributed by atoms with van der Waals surface area (Å²) >= 11 is 0. The molecule has 0 radical (unpaired) electrons. The van der Waals surface area contributed by atoms with E-state index in [9.17, 15) is 0 Å². The summed E-state index contributed by atoms with van der Waals surface area (Å²) in [6, 6.07) is 2.40. The normalized spacial score (nSPS) is 20.1. The van der Waals surface area contributed by atoms with E-state index in [1.807, 2.05) is 13.0 Å². The van der Waals surface area contributed by atoms with Gasteiger partial charge in [-0.25, -0.2) is 0 Å². The van der Waals surface area contributed by atoms with Crippen LogP contribution in [0.2, 0.25) is 0 Å². The Kier molecular flexibility index (Phi) is 2.89. The maximum atomic E-state index is 5.83. The molecule has 14 heavy (non-hydrogen) atoms. The Morgan fingerprint density at radius 3 is 2.71 bits per heavy atom. The Morgan fingerprint density at radius 2 is 2.21 bits per heavy atom. The average Bonchev–Trinajstić information content (AvgIpc) is 2.80. The lowest BCUT2D eigenvalue weighted by Crippen LogP contribution is -2.31. The summed E-state index contributed by atoms with van der Waals surface area (Å²) in [4.78, 5) is 2.46. The first-order chi connectivity index (χ1) is 6.83. The molecular weight excluding hydrogens is 176 g/mol. The van der Waals surface area contributed by atoms with Crippen molar-refractivity contribution >= 4 is 0 Å². The largest absolute Gasteiger partial charge is 0.469 e. The van der Waals surface area contributed by atoms with Crippen molar-refractivity contribution in [1.29, 1.82) is 0 Å². The van der Waals surface area contributed by atoms with Gasteiger partial charge in [-0.1, -0.05) is 0 Å². The number of hydrogen-bond donors (Lipinski definition) is 1. The maximum Gasteiger partial charge on any atom is 0.105 e. The monoisotopic (exact) mass is 194 g/mol. The lowest BCUT2D eigenvalue weighted by atomic mass is 10.1. The second-order valence-corrected chi connectivity index (χ2v) is 3.93. The van der Waals surface area contributed by atoms with E-state index in [4.69, 9.17) is 10.2 Å². The standard InChI is InChI=1S/C11H18N2O/c1-9-10(4-7-14-9)11(8-12)13-5-2-3-6-13/h4,7,11H,2-3,5-6,8,12H2,1H3. The van der Waals surface area contributed by atoms with Crippen molar-refractivity contribution in [2.75, 3.05) is 19.6 Å². The maximum absolute atomic E-state index is 5.83. The van der Waals surface area contributed by atoms with Crippen molar-refractivity contribution in [3.63, 3.8) is 0 Å². The SMILES string of the molecule is Cc1occc1C(CN)N1CCCC1. The Labute approximate surface area is 84.9 Å². The molecule has 2 N–H and O–H groups in total. The summed E-state index contributed by atoms with van der Waals surface area (Å²) in [5.74, 6) is 1.01. The zero-order chi connectivity index (χ0) is 9.97. The summed E-state index contributed by atoms with van der Waals surface area (Å²) in [7, 11) is 0. The minimum absolute atomic E-state index is 0.358. The fourth-order valence-electron chi connectivity index (χ4n) is 2.27. The molecule has 1 saturated heterocycles. The molecule has 1 fully saturated rings. The van der Waals surface area contributed by atoms with E-state index >= 15 is 0 Å². The van der Waals surface area contributed by atoms with Crippen LogP contribution in [-0.2, 0) is 0 Å². The predicted octanol–water partition coefficient (Wildman–Crippen LogP) is 1.68. The molecule has 0 saturated carbocycles. The van der Waals surface area contributed by atoms with Gasteiger partial charge in [-0.2, -0.15) is 0 Å². The number of likely N-dealkylation sites (tertiary alicyclic amines) is 1. The molecule has 2 rings (SSSR count). The molecule has 3 heteroatoms. The average molecular weight is 194 g/mol. The van der Waals surface area contributed by atoms with E-state index in [-0.39, 0.29) is 0 Å². The molecule has 1 unspecified atom stereocenters. The second-order valence-electron chi connectivity index (χ2n) is 3.93. The summed E-state index contributed by atoms with van der Waals surface area (Å²) < 4.78 is 5.32. The fraction of sp³-hybridized carbons (Fsp3) is 0.636. The van der Waals surface area contributed by atoms with Gasteiger partial charge in [0.05, 0.1) is 12.3 Å². The Hall–Kier alpha value is -0.800. The first-order valence-corrected chi connectivity index (χ1v) is 5.31. The third-order valence-corrected chi connectivity index (χ3v) is 3.06. The second kappa shape index (κ2) is 4.15. The molecule has 1 aromatic heterocycles. The van der Waals surface area contributed by atoms with Crippen LogP contribution in [-0.4, -0.2) is 24.5 Å². The van der Waals surface area contributed by atoms with Gasteiger partial charge in [0.25, 0.3) is 0 Å². The molecule has 3 nitrogen and oxygen atoms in total. The highest BCUT2D eigenvalue weighted by atomic mass is 16.3.